The van der Waals surface area contributed by atoms with E-state index in [0.29, 0.717) is 5.95 Å². The second-order valence-electron chi connectivity index (χ2n) is 3.54. The summed E-state index contributed by atoms with van der Waals surface area (Å²) in [5, 5.41) is 11.7. The van der Waals surface area contributed by atoms with Gasteiger partial charge in [0.1, 0.15) is 0 Å². The highest BCUT2D eigenvalue weighted by Gasteiger charge is 2.04. The molecule has 1 aromatic carbocycles. The molecule has 0 spiro atoms. The summed E-state index contributed by atoms with van der Waals surface area (Å²) in [6, 6.07) is 7.72. The first-order valence-electron chi connectivity index (χ1n) is 5.05. The van der Waals surface area contributed by atoms with E-state index >= 15 is 0 Å². The van der Waals surface area contributed by atoms with Crippen molar-refractivity contribution in [1.82, 2.24) is 9.97 Å². The van der Waals surface area contributed by atoms with Crippen molar-refractivity contribution in [2.24, 2.45) is 0 Å². The number of aromatic nitrogens is 2. The van der Waals surface area contributed by atoms with Gasteiger partial charge in [0.2, 0.25) is 5.95 Å². The van der Waals surface area contributed by atoms with Crippen molar-refractivity contribution in [1.29, 1.82) is 0 Å². The molecule has 0 atom stereocenters. The fourth-order valence-electron chi connectivity index (χ4n) is 1.34. The largest absolute Gasteiger partial charge is 0.478 e. The van der Waals surface area contributed by atoms with Gasteiger partial charge in [-0.3, -0.25) is 0 Å². The Morgan fingerprint density at radius 3 is 2.47 bits per heavy atom. The van der Waals surface area contributed by atoms with E-state index in [2.05, 4.69) is 15.3 Å². The summed E-state index contributed by atoms with van der Waals surface area (Å²) < 4.78 is 0. The summed E-state index contributed by atoms with van der Waals surface area (Å²) in [6.07, 6.45) is 2.55. The van der Waals surface area contributed by atoms with Crippen LogP contribution in [0.2, 0.25) is 0 Å². The summed E-state index contributed by atoms with van der Waals surface area (Å²) in [6.45, 7) is 1.97. The summed E-state index contributed by atoms with van der Waals surface area (Å²) in [5.41, 5.74) is 2.04. The molecule has 2 N–H and O–H groups in total. The van der Waals surface area contributed by atoms with Crippen LogP contribution >= 0.6 is 0 Å². The van der Waals surface area contributed by atoms with Crippen LogP contribution in [0.5, 0.6) is 0 Å². The van der Waals surface area contributed by atoms with Crippen molar-refractivity contribution in [2.45, 2.75) is 6.92 Å². The number of aromatic carboxylic acids is 1. The fraction of sp³-hybridized carbons (Fsp3) is 0.0833. The Labute approximate surface area is 98.2 Å². The maximum atomic E-state index is 10.6. The number of carbonyl (C=O) groups is 1. The first-order chi connectivity index (χ1) is 8.16. The van der Waals surface area contributed by atoms with Crippen molar-refractivity contribution in [3.63, 3.8) is 0 Å². The molecule has 0 aliphatic rings. The molecule has 5 nitrogen and oxygen atoms in total. The van der Waals surface area contributed by atoms with E-state index in [1.807, 2.05) is 31.2 Å². The Kier molecular flexibility index (Phi) is 3.00. The van der Waals surface area contributed by atoms with Gasteiger partial charge in [0.15, 0.2) is 0 Å². The van der Waals surface area contributed by atoms with Crippen LogP contribution in [0.1, 0.15) is 15.9 Å². The molecule has 0 saturated heterocycles. The zero-order valence-corrected chi connectivity index (χ0v) is 9.21. The van der Waals surface area contributed by atoms with Crippen LogP contribution in [0.4, 0.5) is 11.6 Å². The van der Waals surface area contributed by atoms with E-state index in [0.717, 1.165) is 11.3 Å². The molecular weight excluding hydrogens is 218 g/mol. The quantitative estimate of drug-likeness (QED) is 0.844. The molecule has 0 fully saturated rings. The number of hydrogen-bond acceptors (Lipinski definition) is 4. The lowest BCUT2D eigenvalue weighted by Crippen LogP contribution is -2.02. The molecule has 0 radical (unpaired) electrons. The summed E-state index contributed by atoms with van der Waals surface area (Å²) in [4.78, 5) is 18.5. The maximum Gasteiger partial charge on any atom is 0.338 e. The standard InChI is InChI=1S/C12H11N3O2/c1-8-4-2-3-5-10(8)15-12-13-6-9(7-14-12)11(16)17/h2-7H,1H3,(H,16,17)(H,13,14,15). The number of para-hydroxylation sites is 1. The lowest BCUT2D eigenvalue weighted by molar-refractivity contribution is 0.0696. The summed E-state index contributed by atoms with van der Waals surface area (Å²) >= 11 is 0. The first kappa shape index (κ1) is 11.1. The molecule has 0 unspecified atom stereocenters. The topological polar surface area (TPSA) is 75.1 Å². The van der Waals surface area contributed by atoms with Crippen molar-refractivity contribution in [3.8, 4) is 0 Å². The number of carboxylic acid groups (broad SMARTS) is 1. The van der Waals surface area contributed by atoms with E-state index in [9.17, 15) is 4.79 Å². The SMILES string of the molecule is Cc1ccccc1Nc1ncc(C(=O)O)cn1. The minimum atomic E-state index is -1.03. The molecule has 0 aliphatic carbocycles. The van der Waals surface area contributed by atoms with Gasteiger partial charge in [-0.2, -0.15) is 0 Å². The fourth-order valence-corrected chi connectivity index (χ4v) is 1.34. The Morgan fingerprint density at radius 1 is 1.24 bits per heavy atom. The lowest BCUT2D eigenvalue weighted by Gasteiger charge is -2.07. The lowest BCUT2D eigenvalue weighted by atomic mass is 10.2. The van der Waals surface area contributed by atoms with Gasteiger partial charge in [0, 0.05) is 18.1 Å². The molecule has 0 amide bonds. The normalized spacial score (nSPS) is 9.94. The Balaban J connectivity index is 2.20. The van der Waals surface area contributed by atoms with Crippen molar-refractivity contribution in [2.75, 3.05) is 5.32 Å². The molecule has 5 heteroatoms. The minimum Gasteiger partial charge on any atom is -0.478 e. The van der Waals surface area contributed by atoms with Gasteiger partial charge >= 0.3 is 5.97 Å². The van der Waals surface area contributed by atoms with Crippen LogP contribution in [-0.2, 0) is 0 Å². The molecule has 0 saturated carbocycles. The van der Waals surface area contributed by atoms with Gasteiger partial charge in [0.25, 0.3) is 0 Å². The first-order valence-corrected chi connectivity index (χ1v) is 5.05. The molecule has 1 aromatic heterocycles. The molecule has 0 aliphatic heterocycles. The molecular formula is C12H11N3O2. The number of rotatable bonds is 3. The van der Waals surface area contributed by atoms with Gasteiger partial charge in [-0.15, -0.1) is 0 Å². The number of anilines is 2. The predicted molar refractivity (Wildman–Crippen MR) is 63.5 cm³/mol. The highest BCUT2D eigenvalue weighted by atomic mass is 16.4. The highest BCUT2D eigenvalue weighted by Crippen LogP contribution is 2.16. The maximum absolute atomic E-state index is 10.6. The zero-order chi connectivity index (χ0) is 12.3. The van der Waals surface area contributed by atoms with E-state index in [-0.39, 0.29) is 5.56 Å². The van der Waals surface area contributed by atoms with Crippen LogP contribution in [0.15, 0.2) is 36.7 Å². The second-order valence-corrected chi connectivity index (χ2v) is 3.54. The van der Waals surface area contributed by atoms with Crippen molar-refractivity contribution in [3.05, 3.63) is 47.8 Å². The van der Waals surface area contributed by atoms with E-state index < -0.39 is 5.97 Å². The number of benzene rings is 1. The summed E-state index contributed by atoms with van der Waals surface area (Å²) in [7, 11) is 0. The number of aryl methyl sites for hydroxylation is 1. The van der Waals surface area contributed by atoms with Crippen LogP contribution in [0.25, 0.3) is 0 Å². The third kappa shape index (κ3) is 2.57. The average Bonchev–Trinajstić information content (AvgIpc) is 2.33. The number of nitrogens with zero attached hydrogens (tertiary/aromatic N) is 2. The van der Waals surface area contributed by atoms with Gasteiger partial charge in [0.05, 0.1) is 5.56 Å². The van der Waals surface area contributed by atoms with Gasteiger partial charge in [-0.25, -0.2) is 14.8 Å². The van der Waals surface area contributed by atoms with Crippen LogP contribution in [0.3, 0.4) is 0 Å². The smallest absolute Gasteiger partial charge is 0.338 e. The molecule has 1 heterocycles. The molecule has 2 aromatic rings. The number of carboxylic acids is 1. The highest BCUT2D eigenvalue weighted by molar-refractivity contribution is 5.86. The van der Waals surface area contributed by atoms with Gasteiger partial charge in [-0.05, 0) is 18.6 Å². The van der Waals surface area contributed by atoms with E-state index in [1.54, 1.807) is 0 Å². The predicted octanol–water partition coefficient (Wildman–Crippen LogP) is 2.23. The second kappa shape index (κ2) is 4.61. The third-order valence-corrected chi connectivity index (χ3v) is 2.29. The monoisotopic (exact) mass is 229 g/mol. The Hall–Kier alpha value is -2.43. The summed E-state index contributed by atoms with van der Waals surface area (Å²) in [5.74, 6) is -0.656. The van der Waals surface area contributed by atoms with E-state index in [1.165, 1.54) is 12.4 Å². The molecule has 2 rings (SSSR count). The zero-order valence-electron chi connectivity index (χ0n) is 9.21. The molecule has 0 bridgehead atoms. The van der Waals surface area contributed by atoms with Crippen molar-refractivity contribution < 1.29 is 9.90 Å². The van der Waals surface area contributed by atoms with Crippen LogP contribution in [-0.4, -0.2) is 21.0 Å². The number of hydrogen-bond donors (Lipinski definition) is 2. The average molecular weight is 229 g/mol. The van der Waals surface area contributed by atoms with E-state index in [4.69, 9.17) is 5.11 Å². The third-order valence-electron chi connectivity index (χ3n) is 2.29. The van der Waals surface area contributed by atoms with Crippen molar-refractivity contribution >= 4 is 17.6 Å². The van der Waals surface area contributed by atoms with Crippen LogP contribution in [0, 0.1) is 6.92 Å². The Morgan fingerprint density at radius 2 is 1.88 bits per heavy atom. The van der Waals surface area contributed by atoms with Gasteiger partial charge in [-0.1, -0.05) is 18.2 Å². The Bertz CT molecular complexity index is 538. The number of nitrogens with one attached hydrogen (secondary N) is 1. The molecule has 17 heavy (non-hydrogen) atoms. The van der Waals surface area contributed by atoms with Crippen LogP contribution < -0.4 is 5.32 Å². The molecule has 86 valence electrons. The van der Waals surface area contributed by atoms with Gasteiger partial charge < -0.3 is 10.4 Å². The minimum absolute atomic E-state index is 0.0698.